The van der Waals surface area contributed by atoms with E-state index in [1.54, 1.807) is 7.05 Å². The number of nitrogens with zero attached hydrogens (tertiary/aromatic N) is 2. The van der Waals surface area contributed by atoms with Crippen molar-refractivity contribution in [2.24, 2.45) is 5.41 Å². The molecular weight excluding hydrogens is 318 g/mol. The summed E-state index contributed by atoms with van der Waals surface area (Å²) in [6.07, 6.45) is 1.99. The van der Waals surface area contributed by atoms with E-state index in [0.717, 1.165) is 38.0 Å². The van der Waals surface area contributed by atoms with Gasteiger partial charge in [0, 0.05) is 44.2 Å². The van der Waals surface area contributed by atoms with Crippen molar-refractivity contribution in [2.75, 3.05) is 53.0 Å². The van der Waals surface area contributed by atoms with Crippen molar-refractivity contribution in [3.8, 4) is 0 Å². The van der Waals surface area contributed by atoms with Gasteiger partial charge in [0.2, 0.25) is 5.91 Å². The number of piperidine rings is 1. The highest BCUT2D eigenvalue weighted by molar-refractivity contribution is 5.94. The Labute approximate surface area is 149 Å². The molecule has 0 saturated carbocycles. The van der Waals surface area contributed by atoms with Gasteiger partial charge < -0.3 is 15.0 Å². The molecule has 1 atom stereocenters. The first-order valence-electron chi connectivity index (χ1n) is 8.97. The van der Waals surface area contributed by atoms with Gasteiger partial charge in [-0.15, -0.1) is 0 Å². The maximum atomic E-state index is 12.8. The molecule has 0 aromatic heterocycles. The lowest BCUT2D eigenvalue weighted by Gasteiger charge is -2.43. The number of benzene rings is 1. The van der Waals surface area contributed by atoms with E-state index in [1.807, 2.05) is 35.2 Å². The highest BCUT2D eigenvalue weighted by atomic mass is 16.5. The Morgan fingerprint density at radius 3 is 2.76 bits per heavy atom. The van der Waals surface area contributed by atoms with Crippen LogP contribution in [0.1, 0.15) is 23.2 Å². The van der Waals surface area contributed by atoms with E-state index in [9.17, 15) is 9.59 Å². The second kappa shape index (κ2) is 7.97. The van der Waals surface area contributed by atoms with E-state index < -0.39 is 0 Å². The van der Waals surface area contributed by atoms with E-state index >= 15 is 0 Å². The molecular formula is C19H27N3O3. The van der Waals surface area contributed by atoms with Crippen LogP contribution in [0.25, 0.3) is 0 Å². The summed E-state index contributed by atoms with van der Waals surface area (Å²) in [5.41, 5.74) is 0.643. The molecule has 6 nitrogen and oxygen atoms in total. The van der Waals surface area contributed by atoms with Crippen molar-refractivity contribution in [3.63, 3.8) is 0 Å². The summed E-state index contributed by atoms with van der Waals surface area (Å²) in [5.74, 6) is 0.104. The minimum absolute atomic E-state index is 0.0186. The second-order valence-corrected chi connectivity index (χ2v) is 7.13. The molecule has 25 heavy (non-hydrogen) atoms. The first kappa shape index (κ1) is 17.9. The smallest absolute Gasteiger partial charge is 0.253 e. The average molecular weight is 345 g/mol. The Morgan fingerprint density at radius 2 is 2.00 bits per heavy atom. The van der Waals surface area contributed by atoms with E-state index in [-0.39, 0.29) is 17.2 Å². The fourth-order valence-electron chi connectivity index (χ4n) is 3.89. The van der Waals surface area contributed by atoms with Gasteiger partial charge in [-0.2, -0.15) is 0 Å². The SMILES string of the molecule is CNC(=O)CN1CCOCC2(CCCN(C(=O)c3ccccc3)C2)C1. The molecule has 0 bridgehead atoms. The fourth-order valence-corrected chi connectivity index (χ4v) is 3.89. The van der Waals surface area contributed by atoms with Crippen LogP contribution >= 0.6 is 0 Å². The molecule has 2 heterocycles. The second-order valence-electron chi connectivity index (χ2n) is 7.13. The Kier molecular flexibility index (Phi) is 5.71. The third-order valence-electron chi connectivity index (χ3n) is 5.13. The highest BCUT2D eigenvalue weighted by Crippen LogP contribution is 2.33. The molecule has 0 aliphatic carbocycles. The third-order valence-corrected chi connectivity index (χ3v) is 5.13. The molecule has 1 unspecified atom stereocenters. The minimum Gasteiger partial charge on any atom is -0.379 e. The number of amides is 2. The molecule has 1 spiro atoms. The molecule has 1 N–H and O–H groups in total. The number of carbonyl (C=O) groups excluding carboxylic acids is 2. The average Bonchev–Trinajstić information content (AvgIpc) is 2.83. The molecule has 0 radical (unpaired) electrons. The molecule has 2 aliphatic heterocycles. The normalized spacial score (nSPS) is 24.8. The van der Waals surface area contributed by atoms with Gasteiger partial charge in [-0.05, 0) is 25.0 Å². The van der Waals surface area contributed by atoms with Crippen molar-refractivity contribution in [3.05, 3.63) is 35.9 Å². The summed E-state index contributed by atoms with van der Waals surface area (Å²) in [4.78, 5) is 28.7. The molecule has 2 amide bonds. The Morgan fingerprint density at radius 1 is 1.20 bits per heavy atom. The topological polar surface area (TPSA) is 61.9 Å². The number of nitrogens with one attached hydrogen (secondary N) is 1. The number of likely N-dealkylation sites (N-methyl/N-ethyl adjacent to an activating group) is 1. The molecule has 2 fully saturated rings. The van der Waals surface area contributed by atoms with Gasteiger partial charge in [0.1, 0.15) is 0 Å². The van der Waals surface area contributed by atoms with Gasteiger partial charge in [0.25, 0.3) is 5.91 Å². The van der Waals surface area contributed by atoms with Gasteiger partial charge in [-0.3, -0.25) is 14.5 Å². The van der Waals surface area contributed by atoms with Gasteiger partial charge in [-0.25, -0.2) is 0 Å². The van der Waals surface area contributed by atoms with E-state index in [0.29, 0.717) is 26.3 Å². The van der Waals surface area contributed by atoms with Crippen molar-refractivity contribution >= 4 is 11.8 Å². The van der Waals surface area contributed by atoms with Crippen molar-refractivity contribution in [2.45, 2.75) is 12.8 Å². The zero-order valence-electron chi connectivity index (χ0n) is 14.9. The molecule has 136 valence electrons. The third kappa shape index (κ3) is 4.38. The van der Waals surface area contributed by atoms with Crippen molar-refractivity contribution < 1.29 is 14.3 Å². The van der Waals surface area contributed by atoms with Crippen molar-refractivity contribution in [1.82, 2.24) is 15.1 Å². The van der Waals surface area contributed by atoms with Gasteiger partial charge in [0.05, 0.1) is 19.8 Å². The van der Waals surface area contributed by atoms with Crippen LogP contribution in [-0.4, -0.2) is 74.6 Å². The van der Waals surface area contributed by atoms with Crippen LogP contribution < -0.4 is 5.32 Å². The Hall–Kier alpha value is -1.92. The summed E-state index contributed by atoms with van der Waals surface area (Å²) in [6, 6.07) is 9.44. The number of rotatable bonds is 3. The quantitative estimate of drug-likeness (QED) is 0.887. The first-order chi connectivity index (χ1) is 12.1. The number of carbonyl (C=O) groups is 2. The van der Waals surface area contributed by atoms with E-state index in [2.05, 4.69) is 10.2 Å². The predicted octanol–water partition coefficient (Wildman–Crippen LogP) is 0.987. The van der Waals surface area contributed by atoms with E-state index in [4.69, 9.17) is 4.74 Å². The van der Waals surface area contributed by atoms with Crippen molar-refractivity contribution in [1.29, 1.82) is 0 Å². The van der Waals surface area contributed by atoms with Crippen LogP contribution in [0, 0.1) is 5.41 Å². The minimum atomic E-state index is -0.0901. The van der Waals surface area contributed by atoms with Gasteiger partial charge >= 0.3 is 0 Å². The van der Waals surface area contributed by atoms with Gasteiger partial charge in [0.15, 0.2) is 0 Å². The fraction of sp³-hybridized carbons (Fsp3) is 0.579. The number of likely N-dealkylation sites (tertiary alicyclic amines) is 1. The Bertz CT molecular complexity index is 607. The zero-order chi connectivity index (χ0) is 17.7. The number of hydrogen-bond acceptors (Lipinski definition) is 4. The highest BCUT2D eigenvalue weighted by Gasteiger charge is 2.40. The maximum absolute atomic E-state index is 12.8. The van der Waals surface area contributed by atoms with Crippen LogP contribution in [0.3, 0.4) is 0 Å². The summed E-state index contributed by atoms with van der Waals surface area (Å²) < 4.78 is 5.86. The lowest BCUT2D eigenvalue weighted by atomic mass is 9.80. The Balaban J connectivity index is 1.71. The molecule has 3 rings (SSSR count). The lowest BCUT2D eigenvalue weighted by molar-refractivity contribution is -0.122. The molecule has 1 aromatic carbocycles. The summed E-state index contributed by atoms with van der Waals surface area (Å²) in [5, 5.41) is 2.69. The largest absolute Gasteiger partial charge is 0.379 e. The van der Waals surface area contributed by atoms with Crippen LogP contribution in [0.2, 0.25) is 0 Å². The molecule has 2 saturated heterocycles. The first-order valence-corrected chi connectivity index (χ1v) is 8.97. The van der Waals surface area contributed by atoms with Gasteiger partial charge in [-0.1, -0.05) is 18.2 Å². The lowest BCUT2D eigenvalue weighted by Crippen LogP contribution is -2.53. The predicted molar refractivity (Wildman–Crippen MR) is 95.3 cm³/mol. The number of hydrogen-bond donors (Lipinski definition) is 1. The monoisotopic (exact) mass is 345 g/mol. The van der Waals surface area contributed by atoms with Crippen LogP contribution in [-0.2, 0) is 9.53 Å². The molecule has 1 aromatic rings. The summed E-state index contributed by atoms with van der Waals surface area (Å²) >= 11 is 0. The summed E-state index contributed by atoms with van der Waals surface area (Å²) in [6.45, 7) is 4.67. The summed E-state index contributed by atoms with van der Waals surface area (Å²) in [7, 11) is 1.66. The standard InChI is InChI=1S/C19H27N3O3/c1-20-17(23)12-21-10-11-25-15-19(13-21)8-5-9-22(14-19)18(24)16-6-3-2-4-7-16/h2-4,6-7H,5,8-15H2,1H3,(H,20,23). The van der Waals surface area contributed by atoms with Crippen LogP contribution in [0.5, 0.6) is 0 Å². The van der Waals surface area contributed by atoms with E-state index in [1.165, 1.54) is 0 Å². The van der Waals surface area contributed by atoms with Crippen LogP contribution in [0.15, 0.2) is 30.3 Å². The number of ether oxygens (including phenoxy) is 1. The van der Waals surface area contributed by atoms with Crippen LogP contribution in [0.4, 0.5) is 0 Å². The molecule has 6 heteroatoms. The maximum Gasteiger partial charge on any atom is 0.253 e. The zero-order valence-corrected chi connectivity index (χ0v) is 14.9. The molecule has 2 aliphatic rings.